The van der Waals surface area contributed by atoms with Crippen molar-refractivity contribution in [2.45, 2.75) is 31.7 Å². The third-order valence-electron chi connectivity index (χ3n) is 3.04. The van der Waals surface area contributed by atoms with Gasteiger partial charge in [0.15, 0.2) is 15.8 Å². The Balaban J connectivity index is 2.48. The number of fused-ring (bicyclic) bond motifs is 1. The minimum atomic E-state index is -3.54. The Morgan fingerprint density at radius 3 is 2.85 bits per heavy atom. The van der Waals surface area contributed by atoms with Gasteiger partial charge in [-0.25, -0.2) is 13.4 Å². The highest BCUT2D eigenvalue weighted by atomic mass is 32.2. The van der Waals surface area contributed by atoms with Crippen LogP contribution in [0, 0.1) is 0 Å². The van der Waals surface area contributed by atoms with Crippen molar-refractivity contribution in [1.29, 1.82) is 0 Å². The van der Waals surface area contributed by atoms with E-state index in [1.54, 1.807) is 17.6 Å². The molecule has 0 amide bonds. The zero-order valence-electron chi connectivity index (χ0n) is 12.0. The first-order chi connectivity index (χ1) is 9.52. The van der Waals surface area contributed by atoms with E-state index < -0.39 is 10.0 Å². The van der Waals surface area contributed by atoms with E-state index in [2.05, 4.69) is 10.3 Å². The Morgan fingerprint density at radius 2 is 2.20 bits per heavy atom. The van der Waals surface area contributed by atoms with E-state index in [9.17, 15) is 8.42 Å². The molecule has 2 aromatic rings. The Bertz CT molecular complexity index is 675. The van der Waals surface area contributed by atoms with Gasteiger partial charge in [-0.05, 0) is 13.3 Å². The molecule has 1 N–H and O–H groups in total. The van der Waals surface area contributed by atoms with Crippen LogP contribution in [0.25, 0.3) is 4.96 Å². The molecule has 0 aliphatic carbocycles. The summed E-state index contributed by atoms with van der Waals surface area (Å²) in [4.78, 5) is 5.04. The zero-order chi connectivity index (χ0) is 14.8. The monoisotopic (exact) mass is 316 g/mol. The molecule has 0 saturated heterocycles. The lowest BCUT2D eigenvalue weighted by molar-refractivity contribution is 0.456. The quantitative estimate of drug-likeness (QED) is 0.851. The number of thiazole rings is 1. The molecular formula is C12H20N4O2S2. The molecule has 0 atom stereocenters. The number of nitrogens with one attached hydrogen (secondary N) is 1. The number of rotatable bonds is 7. The molecule has 0 aliphatic heterocycles. The van der Waals surface area contributed by atoms with Crippen LogP contribution in [0.1, 0.15) is 26.7 Å². The van der Waals surface area contributed by atoms with Crippen molar-refractivity contribution in [2.75, 3.05) is 25.5 Å². The Kier molecular flexibility index (Phi) is 4.66. The summed E-state index contributed by atoms with van der Waals surface area (Å²) in [5.41, 5.74) is 0. The number of nitrogens with zero attached hydrogens (tertiary/aromatic N) is 3. The van der Waals surface area contributed by atoms with Crippen molar-refractivity contribution in [3.05, 3.63) is 11.6 Å². The fourth-order valence-corrected chi connectivity index (χ4v) is 4.14. The van der Waals surface area contributed by atoms with Crippen LogP contribution in [0.2, 0.25) is 0 Å². The summed E-state index contributed by atoms with van der Waals surface area (Å²) in [5.74, 6) is 0.433. The maximum atomic E-state index is 12.7. The number of anilines is 1. The average molecular weight is 316 g/mol. The molecule has 2 rings (SSSR count). The molecule has 112 valence electrons. The molecule has 0 unspecified atom stereocenters. The second-order valence-electron chi connectivity index (χ2n) is 4.53. The van der Waals surface area contributed by atoms with Gasteiger partial charge >= 0.3 is 0 Å². The van der Waals surface area contributed by atoms with Crippen molar-refractivity contribution in [2.24, 2.45) is 0 Å². The fraction of sp³-hybridized carbons (Fsp3) is 0.583. The summed E-state index contributed by atoms with van der Waals surface area (Å²) < 4.78 is 28.5. The summed E-state index contributed by atoms with van der Waals surface area (Å²) in [7, 11) is -1.92. The third kappa shape index (κ3) is 2.68. The van der Waals surface area contributed by atoms with Gasteiger partial charge in [0, 0.05) is 31.7 Å². The first kappa shape index (κ1) is 15.3. The highest BCUT2D eigenvalue weighted by Crippen LogP contribution is 2.27. The summed E-state index contributed by atoms with van der Waals surface area (Å²) >= 11 is 1.42. The van der Waals surface area contributed by atoms with Crippen LogP contribution >= 0.6 is 11.3 Å². The van der Waals surface area contributed by atoms with Crippen LogP contribution < -0.4 is 5.32 Å². The van der Waals surface area contributed by atoms with Crippen LogP contribution in [-0.4, -0.2) is 42.2 Å². The van der Waals surface area contributed by atoms with E-state index in [4.69, 9.17) is 0 Å². The van der Waals surface area contributed by atoms with E-state index in [1.165, 1.54) is 15.6 Å². The number of hydrogen-bond acceptors (Lipinski definition) is 5. The molecule has 2 heterocycles. The van der Waals surface area contributed by atoms with Gasteiger partial charge in [-0.1, -0.05) is 13.3 Å². The van der Waals surface area contributed by atoms with E-state index in [0.29, 0.717) is 23.9 Å². The molecule has 0 aromatic carbocycles. The summed E-state index contributed by atoms with van der Waals surface area (Å²) in [6, 6.07) is 0. The van der Waals surface area contributed by atoms with Crippen molar-refractivity contribution in [3.63, 3.8) is 0 Å². The van der Waals surface area contributed by atoms with E-state index in [0.717, 1.165) is 12.8 Å². The molecule has 6 nitrogen and oxygen atoms in total. The van der Waals surface area contributed by atoms with Gasteiger partial charge in [0.2, 0.25) is 0 Å². The lowest BCUT2D eigenvalue weighted by Gasteiger charge is -2.17. The number of hydrogen-bond donors (Lipinski definition) is 1. The zero-order valence-corrected chi connectivity index (χ0v) is 13.6. The van der Waals surface area contributed by atoms with Crippen LogP contribution in [0.15, 0.2) is 16.6 Å². The minimum Gasteiger partial charge on any atom is -0.368 e. The molecule has 0 saturated carbocycles. The Hall–Kier alpha value is -1.12. The first-order valence-electron chi connectivity index (χ1n) is 6.68. The van der Waals surface area contributed by atoms with Gasteiger partial charge < -0.3 is 5.32 Å². The second kappa shape index (κ2) is 6.11. The number of sulfonamides is 1. The number of imidazole rings is 1. The first-order valence-corrected chi connectivity index (χ1v) is 9.00. The normalized spacial score (nSPS) is 12.4. The molecule has 0 fully saturated rings. The molecule has 2 aromatic heterocycles. The molecular weight excluding hydrogens is 296 g/mol. The fourth-order valence-electron chi connectivity index (χ4n) is 1.94. The topological polar surface area (TPSA) is 66.7 Å². The van der Waals surface area contributed by atoms with Gasteiger partial charge in [0.25, 0.3) is 10.0 Å². The maximum Gasteiger partial charge on any atom is 0.262 e. The molecule has 0 spiro atoms. The van der Waals surface area contributed by atoms with Gasteiger partial charge in [-0.3, -0.25) is 4.40 Å². The summed E-state index contributed by atoms with van der Waals surface area (Å²) in [6.45, 7) is 5.11. The molecule has 0 radical (unpaired) electrons. The van der Waals surface area contributed by atoms with Gasteiger partial charge in [0.05, 0.1) is 0 Å². The average Bonchev–Trinajstić information content (AvgIpc) is 2.95. The standard InChI is InChI=1S/C12H20N4O2S2/c1-4-6-7-15(3)20(17,18)11-10(13-5-2)14-12-16(11)8-9-19-12/h8-9,13H,4-7H2,1-3H3. The van der Waals surface area contributed by atoms with Gasteiger partial charge in [-0.2, -0.15) is 4.31 Å². The van der Waals surface area contributed by atoms with Crippen LogP contribution in [-0.2, 0) is 10.0 Å². The highest BCUT2D eigenvalue weighted by molar-refractivity contribution is 7.89. The SMILES string of the molecule is CCCCN(C)S(=O)(=O)c1c(NCC)nc2sccn12. The highest BCUT2D eigenvalue weighted by Gasteiger charge is 2.29. The maximum absolute atomic E-state index is 12.7. The molecule has 0 aliphatic rings. The van der Waals surface area contributed by atoms with Crippen molar-refractivity contribution in [3.8, 4) is 0 Å². The van der Waals surface area contributed by atoms with E-state index in [1.807, 2.05) is 19.2 Å². The van der Waals surface area contributed by atoms with E-state index in [-0.39, 0.29) is 5.03 Å². The minimum absolute atomic E-state index is 0.231. The van der Waals surface area contributed by atoms with Crippen molar-refractivity contribution < 1.29 is 8.42 Å². The molecule has 8 heteroatoms. The van der Waals surface area contributed by atoms with Crippen molar-refractivity contribution >= 4 is 32.1 Å². The molecule has 20 heavy (non-hydrogen) atoms. The van der Waals surface area contributed by atoms with Gasteiger partial charge in [-0.15, -0.1) is 11.3 Å². The van der Waals surface area contributed by atoms with Crippen LogP contribution in [0.3, 0.4) is 0 Å². The van der Waals surface area contributed by atoms with Crippen LogP contribution in [0.4, 0.5) is 5.82 Å². The van der Waals surface area contributed by atoms with Gasteiger partial charge in [0.1, 0.15) is 0 Å². The predicted molar refractivity (Wildman–Crippen MR) is 82.0 cm³/mol. The lowest BCUT2D eigenvalue weighted by atomic mass is 10.3. The molecule has 0 bridgehead atoms. The summed E-state index contributed by atoms with van der Waals surface area (Å²) in [5, 5.41) is 5.10. The largest absolute Gasteiger partial charge is 0.368 e. The van der Waals surface area contributed by atoms with E-state index >= 15 is 0 Å². The number of unbranched alkanes of at least 4 members (excludes halogenated alkanes) is 1. The second-order valence-corrected chi connectivity index (χ2v) is 7.36. The summed E-state index contributed by atoms with van der Waals surface area (Å²) in [6.07, 6.45) is 3.55. The third-order valence-corrected chi connectivity index (χ3v) is 5.68. The number of aromatic nitrogens is 2. The Labute approximate surface area is 123 Å². The van der Waals surface area contributed by atoms with Crippen molar-refractivity contribution in [1.82, 2.24) is 13.7 Å². The smallest absolute Gasteiger partial charge is 0.262 e. The Morgan fingerprint density at radius 1 is 1.45 bits per heavy atom. The van der Waals surface area contributed by atoms with Crippen LogP contribution in [0.5, 0.6) is 0 Å². The predicted octanol–water partition coefficient (Wildman–Crippen LogP) is 2.25. The lowest BCUT2D eigenvalue weighted by Crippen LogP contribution is -2.29.